The van der Waals surface area contributed by atoms with Gasteiger partial charge in [0.2, 0.25) is 0 Å². The lowest BCUT2D eigenvalue weighted by Crippen LogP contribution is -2.56. The predicted octanol–water partition coefficient (Wildman–Crippen LogP) is 4.56. The van der Waals surface area contributed by atoms with Crippen LogP contribution in [-0.4, -0.2) is 61.6 Å². The van der Waals surface area contributed by atoms with Crippen LogP contribution in [0.2, 0.25) is 0 Å². The lowest BCUT2D eigenvalue weighted by molar-refractivity contribution is -0.127. The number of amides is 1. The van der Waals surface area contributed by atoms with E-state index in [-0.39, 0.29) is 18.3 Å². The molecular formula is C30H38FN3O2. The molecule has 0 atom stereocenters. The van der Waals surface area contributed by atoms with Crippen LogP contribution in [0.1, 0.15) is 37.7 Å². The number of likely N-dealkylation sites (N-methyl/N-ethyl adjacent to an activating group) is 1. The van der Waals surface area contributed by atoms with Gasteiger partial charge in [0, 0.05) is 44.3 Å². The summed E-state index contributed by atoms with van der Waals surface area (Å²) in [5, 5.41) is 3.37. The fraction of sp³-hybridized carbons (Fsp3) is 0.567. The van der Waals surface area contributed by atoms with Crippen molar-refractivity contribution in [3.8, 4) is 16.9 Å². The molecule has 0 aromatic heterocycles. The van der Waals surface area contributed by atoms with E-state index in [1.807, 2.05) is 24.3 Å². The number of carbonyl (C=O) groups is 1. The van der Waals surface area contributed by atoms with Crippen LogP contribution in [0.3, 0.4) is 0 Å². The van der Waals surface area contributed by atoms with E-state index in [2.05, 4.69) is 28.2 Å². The largest absolute Gasteiger partial charge is 0.483 e. The molecule has 0 unspecified atom stereocenters. The Bertz CT molecular complexity index is 1050. The SMILES string of the molecule is CN1CCN(Cc2cc(-c3ccc(F)cc3)ccc2OCC(=O)NC2C3CC4CC(C3)CC2C4)CC1. The molecule has 1 saturated heterocycles. The van der Waals surface area contributed by atoms with Crippen LogP contribution in [0.15, 0.2) is 42.5 Å². The van der Waals surface area contributed by atoms with Crippen molar-refractivity contribution in [1.29, 1.82) is 0 Å². The number of rotatable bonds is 7. The Kier molecular flexibility index (Phi) is 6.74. The summed E-state index contributed by atoms with van der Waals surface area (Å²) in [6, 6.07) is 13.1. The van der Waals surface area contributed by atoms with Crippen molar-refractivity contribution in [2.75, 3.05) is 39.8 Å². The topological polar surface area (TPSA) is 44.8 Å². The quantitative estimate of drug-likeness (QED) is 0.617. The maximum absolute atomic E-state index is 13.5. The summed E-state index contributed by atoms with van der Waals surface area (Å²) in [5.41, 5.74) is 3.08. The molecule has 4 saturated carbocycles. The zero-order valence-electron chi connectivity index (χ0n) is 21.3. The normalized spacial score (nSPS) is 29.9. The molecule has 5 fully saturated rings. The third-order valence-corrected chi connectivity index (χ3v) is 9.14. The maximum Gasteiger partial charge on any atom is 0.258 e. The van der Waals surface area contributed by atoms with E-state index in [1.54, 1.807) is 0 Å². The van der Waals surface area contributed by atoms with E-state index >= 15 is 0 Å². The number of hydrogen-bond acceptors (Lipinski definition) is 4. The molecule has 192 valence electrons. The number of ether oxygens (including phenoxy) is 1. The van der Waals surface area contributed by atoms with E-state index in [4.69, 9.17) is 4.74 Å². The molecule has 2 aromatic rings. The first-order valence-electron chi connectivity index (χ1n) is 13.7. The van der Waals surface area contributed by atoms with E-state index in [0.29, 0.717) is 17.9 Å². The molecule has 6 heteroatoms. The average molecular weight is 492 g/mol. The van der Waals surface area contributed by atoms with E-state index in [0.717, 1.165) is 67.0 Å². The third-order valence-electron chi connectivity index (χ3n) is 9.14. The van der Waals surface area contributed by atoms with Gasteiger partial charge >= 0.3 is 0 Å². The molecular weight excluding hydrogens is 453 g/mol. The van der Waals surface area contributed by atoms with Gasteiger partial charge in [-0.3, -0.25) is 9.69 Å². The molecule has 36 heavy (non-hydrogen) atoms. The molecule has 4 bridgehead atoms. The van der Waals surface area contributed by atoms with Crippen LogP contribution in [0.25, 0.3) is 11.1 Å². The summed E-state index contributed by atoms with van der Waals surface area (Å²) in [6.45, 7) is 4.92. The number of nitrogens with one attached hydrogen (secondary N) is 1. The number of hydrogen-bond donors (Lipinski definition) is 1. The van der Waals surface area contributed by atoms with Crippen LogP contribution >= 0.6 is 0 Å². The molecule has 2 aromatic carbocycles. The highest BCUT2D eigenvalue weighted by atomic mass is 19.1. The number of piperazine rings is 1. The van der Waals surface area contributed by atoms with E-state index in [9.17, 15) is 9.18 Å². The molecule has 1 heterocycles. The molecule has 1 amide bonds. The molecule has 5 nitrogen and oxygen atoms in total. The summed E-state index contributed by atoms with van der Waals surface area (Å²) in [5.74, 6) is 3.64. The van der Waals surface area contributed by atoms with Gasteiger partial charge in [0.25, 0.3) is 5.91 Å². The minimum atomic E-state index is -0.235. The standard InChI is InChI=1S/C30H38FN3O2/c1-33-8-10-34(11-9-33)18-26-17-23(22-2-5-27(31)6-3-22)4-7-28(26)36-19-29(35)32-30-24-13-20-12-21(15-24)16-25(30)14-20/h2-7,17,20-21,24-25,30H,8-16,18-19H2,1H3,(H,32,35). The molecule has 7 rings (SSSR count). The highest BCUT2D eigenvalue weighted by Gasteiger charge is 2.48. The van der Waals surface area contributed by atoms with Gasteiger partial charge in [-0.25, -0.2) is 4.39 Å². The lowest BCUT2D eigenvalue weighted by Gasteiger charge is -2.54. The van der Waals surface area contributed by atoms with Crippen LogP contribution in [0.5, 0.6) is 5.75 Å². The van der Waals surface area contributed by atoms with Crippen LogP contribution in [0, 0.1) is 29.5 Å². The number of halogens is 1. The summed E-state index contributed by atoms with van der Waals surface area (Å²) in [4.78, 5) is 17.8. The first-order chi connectivity index (χ1) is 17.5. The Morgan fingerprint density at radius 2 is 1.56 bits per heavy atom. The molecule has 0 radical (unpaired) electrons. The monoisotopic (exact) mass is 491 g/mol. The predicted molar refractivity (Wildman–Crippen MR) is 139 cm³/mol. The van der Waals surface area contributed by atoms with Crippen molar-refractivity contribution in [3.63, 3.8) is 0 Å². The second-order valence-corrected chi connectivity index (χ2v) is 11.7. The molecule has 1 N–H and O–H groups in total. The van der Waals surface area contributed by atoms with Crippen molar-refractivity contribution in [2.24, 2.45) is 23.7 Å². The highest BCUT2D eigenvalue weighted by Crippen LogP contribution is 2.53. The molecule has 0 spiro atoms. The Morgan fingerprint density at radius 1 is 0.917 bits per heavy atom. The summed E-state index contributed by atoms with van der Waals surface area (Å²) < 4.78 is 19.6. The van der Waals surface area contributed by atoms with Crippen molar-refractivity contribution >= 4 is 5.91 Å². The van der Waals surface area contributed by atoms with Gasteiger partial charge in [0.05, 0.1) is 0 Å². The average Bonchev–Trinajstić information content (AvgIpc) is 2.87. The van der Waals surface area contributed by atoms with Crippen molar-refractivity contribution in [3.05, 3.63) is 53.8 Å². The zero-order valence-corrected chi connectivity index (χ0v) is 21.3. The minimum absolute atomic E-state index is 0.000585. The van der Waals surface area contributed by atoms with Gasteiger partial charge < -0.3 is 15.0 Å². The number of carbonyl (C=O) groups excluding carboxylic acids is 1. The third kappa shape index (κ3) is 5.16. The fourth-order valence-electron chi connectivity index (χ4n) is 7.44. The smallest absolute Gasteiger partial charge is 0.258 e. The van der Waals surface area contributed by atoms with Gasteiger partial charge in [-0.1, -0.05) is 18.2 Å². The molecule has 1 aliphatic heterocycles. The van der Waals surface area contributed by atoms with Gasteiger partial charge in [-0.2, -0.15) is 0 Å². The van der Waals surface area contributed by atoms with E-state index < -0.39 is 0 Å². The van der Waals surface area contributed by atoms with Gasteiger partial charge in [0.1, 0.15) is 11.6 Å². The Balaban J connectivity index is 1.14. The first kappa shape index (κ1) is 23.9. The zero-order chi connectivity index (χ0) is 24.6. The summed E-state index contributed by atoms with van der Waals surface area (Å²) in [7, 11) is 2.16. The van der Waals surface area contributed by atoms with E-state index in [1.165, 1.54) is 44.2 Å². The van der Waals surface area contributed by atoms with Crippen LogP contribution in [-0.2, 0) is 11.3 Å². The fourth-order valence-corrected chi connectivity index (χ4v) is 7.44. The number of nitrogens with zero attached hydrogens (tertiary/aromatic N) is 2. The second kappa shape index (κ2) is 10.1. The Labute approximate surface area is 214 Å². The maximum atomic E-state index is 13.5. The van der Waals surface area contributed by atoms with Crippen molar-refractivity contribution in [1.82, 2.24) is 15.1 Å². The molecule has 4 aliphatic carbocycles. The minimum Gasteiger partial charge on any atom is -0.483 e. The van der Waals surface area contributed by atoms with Crippen molar-refractivity contribution < 1.29 is 13.9 Å². The summed E-state index contributed by atoms with van der Waals surface area (Å²) in [6.07, 6.45) is 6.58. The highest BCUT2D eigenvalue weighted by molar-refractivity contribution is 5.78. The van der Waals surface area contributed by atoms with Gasteiger partial charge in [-0.05, 0) is 98.2 Å². The first-order valence-corrected chi connectivity index (χ1v) is 13.7. The van der Waals surface area contributed by atoms with Crippen LogP contribution < -0.4 is 10.1 Å². The van der Waals surface area contributed by atoms with Crippen LogP contribution in [0.4, 0.5) is 4.39 Å². The van der Waals surface area contributed by atoms with Gasteiger partial charge in [0.15, 0.2) is 6.61 Å². The Morgan fingerprint density at radius 3 is 2.22 bits per heavy atom. The molecule has 5 aliphatic rings. The summed E-state index contributed by atoms with van der Waals surface area (Å²) >= 11 is 0. The second-order valence-electron chi connectivity index (χ2n) is 11.7. The van der Waals surface area contributed by atoms with Crippen molar-refractivity contribution in [2.45, 2.75) is 44.7 Å². The van der Waals surface area contributed by atoms with Gasteiger partial charge in [-0.15, -0.1) is 0 Å². The number of benzene rings is 2. The lowest BCUT2D eigenvalue weighted by atomic mass is 9.54. The Hall–Kier alpha value is -2.44.